The SMILES string of the molecule is Cc1ccc(-n2c(C)cc(/C=N\OCc3ccccc3)c2C)cc1. The van der Waals surface area contributed by atoms with Crippen LogP contribution in [0.1, 0.15) is 28.1 Å². The van der Waals surface area contributed by atoms with Crippen LogP contribution in [0.2, 0.25) is 0 Å². The molecule has 3 aromatic rings. The first-order valence-corrected chi connectivity index (χ1v) is 8.10. The molecule has 1 aromatic heterocycles. The maximum Gasteiger partial charge on any atom is 0.142 e. The van der Waals surface area contributed by atoms with Crippen molar-refractivity contribution in [2.45, 2.75) is 27.4 Å². The number of rotatable bonds is 5. The normalized spacial score (nSPS) is 11.1. The minimum absolute atomic E-state index is 0.480. The third kappa shape index (κ3) is 3.57. The molecule has 3 heteroatoms. The first-order chi connectivity index (χ1) is 11.6. The van der Waals surface area contributed by atoms with E-state index in [2.05, 4.69) is 60.8 Å². The molecule has 0 saturated heterocycles. The molecular formula is C21H22N2O. The largest absolute Gasteiger partial charge is 0.391 e. The smallest absolute Gasteiger partial charge is 0.142 e. The van der Waals surface area contributed by atoms with Crippen molar-refractivity contribution in [2.75, 3.05) is 0 Å². The summed E-state index contributed by atoms with van der Waals surface area (Å²) in [5, 5.41) is 4.12. The van der Waals surface area contributed by atoms with E-state index in [0.29, 0.717) is 6.61 Å². The van der Waals surface area contributed by atoms with Gasteiger partial charge in [0.2, 0.25) is 0 Å². The van der Waals surface area contributed by atoms with E-state index < -0.39 is 0 Å². The zero-order chi connectivity index (χ0) is 16.9. The van der Waals surface area contributed by atoms with Crippen LogP contribution in [0.5, 0.6) is 0 Å². The summed E-state index contributed by atoms with van der Waals surface area (Å²) in [5.74, 6) is 0. The highest BCUT2D eigenvalue weighted by molar-refractivity contribution is 5.81. The zero-order valence-electron chi connectivity index (χ0n) is 14.4. The van der Waals surface area contributed by atoms with Crippen molar-refractivity contribution in [1.82, 2.24) is 4.57 Å². The van der Waals surface area contributed by atoms with Gasteiger partial charge in [-0.2, -0.15) is 0 Å². The van der Waals surface area contributed by atoms with Gasteiger partial charge >= 0.3 is 0 Å². The Labute approximate surface area is 143 Å². The molecule has 0 atom stereocenters. The molecule has 2 aromatic carbocycles. The maximum atomic E-state index is 5.41. The fraction of sp³-hybridized carbons (Fsp3) is 0.190. The van der Waals surface area contributed by atoms with Gasteiger partial charge in [-0.15, -0.1) is 0 Å². The second-order valence-electron chi connectivity index (χ2n) is 5.99. The lowest BCUT2D eigenvalue weighted by atomic mass is 10.2. The molecule has 122 valence electrons. The number of hydrogen-bond acceptors (Lipinski definition) is 2. The second-order valence-corrected chi connectivity index (χ2v) is 5.99. The van der Waals surface area contributed by atoms with E-state index >= 15 is 0 Å². The van der Waals surface area contributed by atoms with Crippen LogP contribution in [0.15, 0.2) is 65.8 Å². The number of nitrogens with zero attached hydrogens (tertiary/aromatic N) is 2. The molecule has 0 N–H and O–H groups in total. The predicted octanol–water partition coefficient (Wildman–Crippen LogP) is 4.95. The summed E-state index contributed by atoms with van der Waals surface area (Å²) in [7, 11) is 0. The van der Waals surface area contributed by atoms with Gasteiger partial charge in [0.05, 0.1) is 6.21 Å². The highest BCUT2D eigenvalue weighted by atomic mass is 16.6. The molecule has 0 saturated carbocycles. The van der Waals surface area contributed by atoms with Crippen molar-refractivity contribution in [2.24, 2.45) is 5.16 Å². The van der Waals surface area contributed by atoms with E-state index in [1.54, 1.807) is 6.21 Å². The molecule has 3 rings (SSSR count). The topological polar surface area (TPSA) is 26.5 Å². The summed E-state index contributed by atoms with van der Waals surface area (Å²) >= 11 is 0. The summed E-state index contributed by atoms with van der Waals surface area (Å²) in [5.41, 5.74) is 6.95. The van der Waals surface area contributed by atoms with Crippen LogP contribution < -0.4 is 0 Å². The van der Waals surface area contributed by atoms with Gasteiger partial charge in [0.1, 0.15) is 6.61 Å². The molecule has 0 aliphatic carbocycles. The maximum absolute atomic E-state index is 5.41. The quantitative estimate of drug-likeness (QED) is 0.483. The highest BCUT2D eigenvalue weighted by Gasteiger charge is 2.09. The van der Waals surface area contributed by atoms with Gasteiger partial charge in [0, 0.05) is 22.6 Å². The molecular weight excluding hydrogens is 296 g/mol. The lowest BCUT2D eigenvalue weighted by Gasteiger charge is -2.09. The predicted molar refractivity (Wildman–Crippen MR) is 98.8 cm³/mol. The summed E-state index contributed by atoms with van der Waals surface area (Å²) in [6.07, 6.45) is 1.79. The Hall–Kier alpha value is -2.81. The second kappa shape index (κ2) is 7.18. The van der Waals surface area contributed by atoms with Gasteiger partial charge in [0.25, 0.3) is 0 Å². The van der Waals surface area contributed by atoms with E-state index in [1.807, 2.05) is 30.3 Å². The first-order valence-electron chi connectivity index (χ1n) is 8.10. The Morgan fingerprint density at radius 3 is 2.38 bits per heavy atom. The number of aryl methyl sites for hydroxylation is 2. The van der Waals surface area contributed by atoms with Gasteiger partial charge in [-0.1, -0.05) is 53.2 Å². The van der Waals surface area contributed by atoms with Crippen LogP contribution in [0.3, 0.4) is 0 Å². The molecule has 0 unspecified atom stereocenters. The molecule has 3 nitrogen and oxygen atoms in total. The molecule has 0 aliphatic rings. The average Bonchev–Trinajstić information content (AvgIpc) is 2.88. The molecule has 0 bridgehead atoms. The first kappa shape index (κ1) is 16.1. The summed E-state index contributed by atoms with van der Waals surface area (Å²) in [6.45, 7) is 6.79. The lowest BCUT2D eigenvalue weighted by Crippen LogP contribution is -1.99. The summed E-state index contributed by atoms with van der Waals surface area (Å²) in [6, 6.07) is 20.7. The van der Waals surface area contributed by atoms with Gasteiger partial charge in [-0.25, -0.2) is 0 Å². The standard InChI is InChI=1S/C21H22N2O/c1-16-9-11-21(12-10-16)23-17(2)13-20(18(23)3)14-22-24-15-19-7-5-4-6-8-19/h4-14H,15H2,1-3H3/b22-14-. The van der Waals surface area contributed by atoms with Gasteiger partial charge < -0.3 is 9.40 Å². The Kier molecular flexibility index (Phi) is 4.80. The van der Waals surface area contributed by atoms with Crippen molar-refractivity contribution in [3.8, 4) is 5.69 Å². The molecule has 0 amide bonds. The minimum atomic E-state index is 0.480. The van der Waals surface area contributed by atoms with Crippen molar-refractivity contribution in [1.29, 1.82) is 0 Å². The molecule has 0 radical (unpaired) electrons. The van der Waals surface area contributed by atoms with Gasteiger partial charge in [0.15, 0.2) is 0 Å². The molecule has 0 fully saturated rings. The Morgan fingerprint density at radius 1 is 0.958 bits per heavy atom. The van der Waals surface area contributed by atoms with Crippen LogP contribution in [0, 0.1) is 20.8 Å². The van der Waals surface area contributed by atoms with Crippen molar-refractivity contribution in [3.05, 3.63) is 88.7 Å². The summed E-state index contributed by atoms with van der Waals surface area (Å²) < 4.78 is 2.23. The summed E-state index contributed by atoms with van der Waals surface area (Å²) in [4.78, 5) is 5.41. The average molecular weight is 318 g/mol. The van der Waals surface area contributed by atoms with Crippen LogP contribution >= 0.6 is 0 Å². The molecule has 0 spiro atoms. The van der Waals surface area contributed by atoms with E-state index in [4.69, 9.17) is 4.84 Å². The van der Waals surface area contributed by atoms with Crippen molar-refractivity contribution in [3.63, 3.8) is 0 Å². The minimum Gasteiger partial charge on any atom is -0.391 e. The molecule has 1 heterocycles. The number of oxime groups is 1. The van der Waals surface area contributed by atoms with Gasteiger partial charge in [-0.05, 0) is 44.5 Å². The third-order valence-electron chi connectivity index (χ3n) is 4.10. The zero-order valence-corrected chi connectivity index (χ0v) is 14.4. The number of aromatic nitrogens is 1. The Balaban J connectivity index is 1.74. The van der Waals surface area contributed by atoms with E-state index in [0.717, 1.165) is 16.8 Å². The van der Waals surface area contributed by atoms with Gasteiger partial charge in [-0.3, -0.25) is 0 Å². The van der Waals surface area contributed by atoms with Crippen molar-refractivity contribution >= 4 is 6.21 Å². The fourth-order valence-corrected chi connectivity index (χ4v) is 2.79. The van der Waals surface area contributed by atoms with Crippen molar-refractivity contribution < 1.29 is 4.84 Å². The number of hydrogen-bond donors (Lipinski definition) is 0. The van der Waals surface area contributed by atoms with Crippen LogP contribution in [-0.4, -0.2) is 10.8 Å². The Morgan fingerprint density at radius 2 is 1.67 bits per heavy atom. The monoisotopic (exact) mass is 318 g/mol. The van der Waals surface area contributed by atoms with Crippen LogP contribution in [0.4, 0.5) is 0 Å². The van der Waals surface area contributed by atoms with Crippen LogP contribution in [-0.2, 0) is 11.4 Å². The van der Waals surface area contributed by atoms with E-state index in [1.165, 1.54) is 16.9 Å². The van der Waals surface area contributed by atoms with Crippen LogP contribution in [0.25, 0.3) is 5.69 Å². The third-order valence-corrected chi connectivity index (χ3v) is 4.10. The number of benzene rings is 2. The highest BCUT2D eigenvalue weighted by Crippen LogP contribution is 2.20. The fourth-order valence-electron chi connectivity index (χ4n) is 2.79. The lowest BCUT2D eigenvalue weighted by molar-refractivity contribution is 0.132. The van der Waals surface area contributed by atoms with E-state index in [-0.39, 0.29) is 0 Å². The van der Waals surface area contributed by atoms with E-state index in [9.17, 15) is 0 Å². The molecule has 24 heavy (non-hydrogen) atoms. The molecule has 0 aliphatic heterocycles. The Bertz CT molecular complexity index is 830.